The molecule has 0 bridgehead atoms. The SMILES string of the molecule is CC(C)(C)OC(=O)NC(=NCc1cccc(OC(F)(F)F)c1)NC(=O)OC(C)(C)C. The molecule has 168 valence electrons. The molecule has 1 aromatic rings. The second-order valence-electron chi connectivity index (χ2n) is 8.11. The van der Waals surface area contributed by atoms with Gasteiger partial charge in [0.1, 0.15) is 17.0 Å². The van der Waals surface area contributed by atoms with Crippen molar-refractivity contribution in [2.24, 2.45) is 4.99 Å². The summed E-state index contributed by atoms with van der Waals surface area (Å²) in [6.45, 7) is 9.73. The maximum Gasteiger partial charge on any atom is 0.573 e. The fourth-order valence-corrected chi connectivity index (χ4v) is 1.92. The molecule has 30 heavy (non-hydrogen) atoms. The zero-order valence-electron chi connectivity index (χ0n) is 17.6. The number of nitrogens with one attached hydrogen (secondary N) is 2. The summed E-state index contributed by atoms with van der Waals surface area (Å²) in [6.07, 6.45) is -6.60. The minimum atomic E-state index is -4.83. The van der Waals surface area contributed by atoms with Crippen LogP contribution in [0.3, 0.4) is 0 Å². The Morgan fingerprint density at radius 1 is 0.933 bits per heavy atom. The minimum Gasteiger partial charge on any atom is -0.444 e. The second kappa shape index (κ2) is 9.68. The molecular weight excluding hydrogens is 407 g/mol. The molecule has 2 amide bonds. The normalized spacial score (nSPS) is 11.9. The number of hydrogen-bond donors (Lipinski definition) is 2. The molecule has 0 atom stereocenters. The first-order valence-electron chi connectivity index (χ1n) is 8.91. The molecule has 0 spiro atoms. The number of rotatable bonds is 3. The number of aliphatic imine (C=N–C) groups is 1. The Morgan fingerprint density at radius 3 is 1.87 bits per heavy atom. The van der Waals surface area contributed by atoms with Gasteiger partial charge >= 0.3 is 18.5 Å². The highest BCUT2D eigenvalue weighted by molar-refractivity contribution is 6.01. The molecule has 0 unspecified atom stereocenters. The molecule has 8 nitrogen and oxygen atoms in total. The third-order valence-corrected chi connectivity index (χ3v) is 2.79. The summed E-state index contributed by atoms with van der Waals surface area (Å²) in [6, 6.07) is 5.13. The number of benzene rings is 1. The Labute approximate surface area is 172 Å². The van der Waals surface area contributed by atoms with Crippen LogP contribution in [0.1, 0.15) is 47.1 Å². The number of halogens is 3. The third kappa shape index (κ3) is 11.8. The van der Waals surface area contributed by atoms with E-state index in [-0.39, 0.29) is 12.5 Å². The van der Waals surface area contributed by atoms with E-state index in [2.05, 4.69) is 20.4 Å². The predicted molar refractivity (Wildman–Crippen MR) is 103 cm³/mol. The van der Waals surface area contributed by atoms with Gasteiger partial charge in [-0.1, -0.05) is 12.1 Å². The van der Waals surface area contributed by atoms with Crippen LogP contribution in [-0.4, -0.2) is 35.7 Å². The first-order valence-corrected chi connectivity index (χ1v) is 8.91. The monoisotopic (exact) mass is 433 g/mol. The molecule has 0 saturated heterocycles. The van der Waals surface area contributed by atoms with E-state index in [9.17, 15) is 22.8 Å². The zero-order chi connectivity index (χ0) is 23.2. The van der Waals surface area contributed by atoms with E-state index in [4.69, 9.17) is 9.47 Å². The van der Waals surface area contributed by atoms with E-state index in [0.29, 0.717) is 5.56 Å². The Kier molecular flexibility index (Phi) is 8.09. The number of alkyl carbamates (subject to hydrolysis) is 2. The van der Waals surface area contributed by atoms with E-state index in [0.717, 1.165) is 12.1 Å². The summed E-state index contributed by atoms with van der Waals surface area (Å²) in [5.41, 5.74) is -1.26. The van der Waals surface area contributed by atoms with Crippen molar-refractivity contribution >= 4 is 18.1 Å². The summed E-state index contributed by atoms with van der Waals surface area (Å²) < 4.78 is 51.2. The van der Waals surface area contributed by atoms with Gasteiger partial charge in [0.2, 0.25) is 5.96 Å². The average molecular weight is 433 g/mol. The lowest BCUT2D eigenvalue weighted by molar-refractivity contribution is -0.274. The first-order chi connectivity index (χ1) is 13.5. The van der Waals surface area contributed by atoms with Crippen molar-refractivity contribution in [1.82, 2.24) is 10.6 Å². The van der Waals surface area contributed by atoms with Crippen LogP contribution in [0.2, 0.25) is 0 Å². The molecule has 0 aliphatic carbocycles. The maximum atomic E-state index is 12.4. The van der Waals surface area contributed by atoms with Gasteiger partial charge < -0.3 is 14.2 Å². The van der Waals surface area contributed by atoms with Crippen molar-refractivity contribution < 1.29 is 37.0 Å². The lowest BCUT2D eigenvalue weighted by Gasteiger charge is -2.22. The standard InChI is InChI=1S/C19H26F3N3O5/c1-17(2,3)29-15(26)24-14(25-16(27)30-18(4,5)6)23-11-12-8-7-9-13(10-12)28-19(20,21)22/h7-10H,11H2,1-6H3,(H2,23,24,25,26,27). The van der Waals surface area contributed by atoms with Crippen molar-refractivity contribution in [3.8, 4) is 5.75 Å². The van der Waals surface area contributed by atoms with Crippen LogP contribution in [0.4, 0.5) is 22.8 Å². The number of guanidine groups is 1. The molecule has 11 heteroatoms. The van der Waals surface area contributed by atoms with Crippen LogP contribution in [-0.2, 0) is 16.0 Å². The topological polar surface area (TPSA) is 98.3 Å². The van der Waals surface area contributed by atoms with E-state index in [1.54, 1.807) is 41.5 Å². The fourth-order valence-electron chi connectivity index (χ4n) is 1.92. The van der Waals surface area contributed by atoms with Gasteiger partial charge in [0.25, 0.3) is 0 Å². The van der Waals surface area contributed by atoms with Crippen molar-refractivity contribution in [3.63, 3.8) is 0 Å². The van der Waals surface area contributed by atoms with Crippen molar-refractivity contribution in [1.29, 1.82) is 0 Å². The quantitative estimate of drug-likeness (QED) is 0.541. The molecule has 1 rings (SSSR count). The minimum absolute atomic E-state index is 0.171. The van der Waals surface area contributed by atoms with Gasteiger partial charge in [-0.25, -0.2) is 14.6 Å². The maximum absolute atomic E-state index is 12.4. The van der Waals surface area contributed by atoms with Crippen LogP contribution in [0, 0.1) is 0 Å². The Bertz CT molecular complexity index is 749. The number of nitrogens with zero attached hydrogens (tertiary/aromatic N) is 1. The fraction of sp³-hybridized carbons (Fsp3) is 0.526. The Morgan fingerprint density at radius 2 is 1.43 bits per heavy atom. The molecule has 0 aliphatic heterocycles. The first kappa shape index (κ1) is 25.1. The molecule has 1 aromatic carbocycles. The van der Waals surface area contributed by atoms with Gasteiger partial charge in [0.05, 0.1) is 6.54 Å². The van der Waals surface area contributed by atoms with Crippen LogP contribution in [0.25, 0.3) is 0 Å². The lowest BCUT2D eigenvalue weighted by Crippen LogP contribution is -2.47. The summed E-state index contributed by atoms with van der Waals surface area (Å²) in [5, 5.41) is 4.56. The van der Waals surface area contributed by atoms with Crippen LogP contribution in [0.5, 0.6) is 5.75 Å². The number of alkyl halides is 3. The number of ether oxygens (including phenoxy) is 3. The molecule has 0 radical (unpaired) electrons. The van der Waals surface area contributed by atoms with Gasteiger partial charge in [0.15, 0.2) is 0 Å². The van der Waals surface area contributed by atoms with E-state index >= 15 is 0 Å². The largest absolute Gasteiger partial charge is 0.573 e. The van der Waals surface area contributed by atoms with E-state index in [1.807, 2.05) is 0 Å². The van der Waals surface area contributed by atoms with Gasteiger partial charge in [-0.15, -0.1) is 13.2 Å². The number of hydrogen-bond acceptors (Lipinski definition) is 6. The van der Waals surface area contributed by atoms with Crippen LogP contribution >= 0.6 is 0 Å². The number of carbonyl (C=O) groups excluding carboxylic acids is 2. The highest BCUT2D eigenvalue weighted by Crippen LogP contribution is 2.23. The van der Waals surface area contributed by atoms with Gasteiger partial charge in [-0.3, -0.25) is 10.6 Å². The number of carbonyl (C=O) groups is 2. The highest BCUT2D eigenvalue weighted by atomic mass is 19.4. The van der Waals surface area contributed by atoms with Gasteiger partial charge in [0, 0.05) is 0 Å². The molecular formula is C19H26F3N3O5. The Balaban J connectivity index is 2.97. The summed E-state index contributed by atoms with van der Waals surface area (Å²) in [7, 11) is 0. The second-order valence-corrected chi connectivity index (χ2v) is 8.11. The molecule has 0 fully saturated rings. The summed E-state index contributed by atoms with van der Waals surface area (Å²) >= 11 is 0. The average Bonchev–Trinajstić information content (AvgIpc) is 2.47. The van der Waals surface area contributed by atoms with Crippen molar-refractivity contribution in [2.45, 2.75) is 65.7 Å². The lowest BCUT2D eigenvalue weighted by atomic mass is 10.2. The van der Waals surface area contributed by atoms with Gasteiger partial charge in [-0.05, 0) is 59.2 Å². The van der Waals surface area contributed by atoms with Crippen LogP contribution < -0.4 is 15.4 Å². The van der Waals surface area contributed by atoms with Crippen molar-refractivity contribution in [2.75, 3.05) is 0 Å². The molecule has 0 aliphatic rings. The smallest absolute Gasteiger partial charge is 0.444 e. The summed E-state index contributed by atoms with van der Waals surface area (Å²) in [4.78, 5) is 28.0. The van der Waals surface area contributed by atoms with Crippen LogP contribution in [0.15, 0.2) is 29.3 Å². The van der Waals surface area contributed by atoms with Gasteiger partial charge in [-0.2, -0.15) is 0 Å². The van der Waals surface area contributed by atoms with E-state index in [1.165, 1.54) is 12.1 Å². The predicted octanol–water partition coefficient (Wildman–Crippen LogP) is 4.49. The molecule has 0 saturated carbocycles. The van der Waals surface area contributed by atoms with Crippen molar-refractivity contribution in [3.05, 3.63) is 29.8 Å². The van der Waals surface area contributed by atoms with E-state index < -0.39 is 35.5 Å². The summed E-state index contributed by atoms with van der Waals surface area (Å²) in [5.74, 6) is -0.711. The molecule has 2 N–H and O–H groups in total. The Hall–Kier alpha value is -2.98. The molecule has 0 aromatic heterocycles. The molecule has 0 heterocycles. The highest BCUT2D eigenvalue weighted by Gasteiger charge is 2.31. The third-order valence-electron chi connectivity index (χ3n) is 2.79. The number of amides is 2. The zero-order valence-corrected chi connectivity index (χ0v) is 17.6.